The van der Waals surface area contributed by atoms with E-state index >= 15 is 0 Å². The van der Waals surface area contributed by atoms with Crippen LogP contribution in [0, 0.1) is 11.8 Å². The van der Waals surface area contributed by atoms with Gasteiger partial charge >= 0.3 is 0 Å². The fourth-order valence-electron chi connectivity index (χ4n) is 3.13. The van der Waals surface area contributed by atoms with Gasteiger partial charge in [-0.05, 0) is 36.8 Å². The minimum absolute atomic E-state index is 0.0561. The van der Waals surface area contributed by atoms with Gasteiger partial charge in [-0.2, -0.15) is 0 Å². The van der Waals surface area contributed by atoms with E-state index in [2.05, 4.69) is 9.97 Å². The van der Waals surface area contributed by atoms with E-state index in [1.54, 1.807) is 0 Å². The van der Waals surface area contributed by atoms with Gasteiger partial charge in [0.2, 0.25) is 0 Å². The van der Waals surface area contributed by atoms with E-state index in [4.69, 9.17) is 0 Å². The Kier molecular flexibility index (Phi) is 2.01. The molecule has 2 fully saturated rings. The molecule has 1 saturated carbocycles. The average molecular weight is 241 g/mol. The summed E-state index contributed by atoms with van der Waals surface area (Å²) in [5.41, 5.74) is 1.80. The number of likely N-dealkylation sites (tertiary alicyclic amines) is 1. The minimum atomic E-state index is 0.0561. The molecule has 2 aromatic rings. The first-order valence-electron chi connectivity index (χ1n) is 6.55. The van der Waals surface area contributed by atoms with E-state index in [0.717, 1.165) is 36.0 Å². The highest BCUT2D eigenvalue weighted by Gasteiger charge is 2.41. The van der Waals surface area contributed by atoms with E-state index < -0.39 is 0 Å². The van der Waals surface area contributed by atoms with E-state index in [9.17, 15) is 4.79 Å². The van der Waals surface area contributed by atoms with Gasteiger partial charge in [-0.3, -0.25) is 4.79 Å². The number of para-hydroxylation sites is 2. The van der Waals surface area contributed by atoms with Gasteiger partial charge in [-0.1, -0.05) is 12.1 Å². The molecule has 18 heavy (non-hydrogen) atoms. The van der Waals surface area contributed by atoms with Crippen molar-refractivity contribution >= 4 is 16.9 Å². The second-order valence-corrected chi connectivity index (χ2v) is 5.41. The summed E-state index contributed by atoms with van der Waals surface area (Å²) in [5.74, 6) is 2.04. The molecular weight excluding hydrogens is 226 g/mol. The smallest absolute Gasteiger partial charge is 0.289 e. The molecule has 1 aromatic carbocycles. The molecule has 2 heterocycles. The molecule has 0 radical (unpaired) electrons. The molecule has 92 valence electrons. The van der Waals surface area contributed by atoms with Crippen LogP contribution < -0.4 is 0 Å². The number of hydrogen-bond donors (Lipinski definition) is 1. The van der Waals surface area contributed by atoms with E-state index in [-0.39, 0.29) is 5.91 Å². The number of fused-ring (bicyclic) bond motifs is 2. The molecule has 4 heteroatoms. The van der Waals surface area contributed by atoms with Gasteiger partial charge in [0.05, 0.1) is 11.0 Å². The van der Waals surface area contributed by atoms with Gasteiger partial charge < -0.3 is 9.88 Å². The third-order valence-corrected chi connectivity index (χ3v) is 4.36. The molecule has 1 N–H and O–H groups in total. The van der Waals surface area contributed by atoms with E-state index in [1.807, 2.05) is 29.2 Å². The van der Waals surface area contributed by atoms with E-state index in [1.165, 1.54) is 12.8 Å². The molecule has 0 spiro atoms. The number of aromatic nitrogens is 2. The first-order chi connectivity index (χ1) is 8.81. The maximum absolute atomic E-state index is 12.4. The summed E-state index contributed by atoms with van der Waals surface area (Å²) in [7, 11) is 0. The Morgan fingerprint density at radius 3 is 2.61 bits per heavy atom. The first kappa shape index (κ1) is 10.1. The van der Waals surface area contributed by atoms with Crippen molar-refractivity contribution in [3.63, 3.8) is 0 Å². The average Bonchev–Trinajstić information content (AvgIpc) is 2.91. The summed E-state index contributed by atoms with van der Waals surface area (Å²) in [6, 6.07) is 7.77. The number of H-pyrrole nitrogens is 1. The Morgan fingerprint density at radius 1 is 1.22 bits per heavy atom. The Hall–Kier alpha value is -1.84. The van der Waals surface area contributed by atoms with Crippen LogP contribution in [-0.2, 0) is 0 Å². The molecule has 1 aromatic heterocycles. The fraction of sp³-hybridized carbons (Fsp3) is 0.429. The molecule has 1 aliphatic carbocycles. The summed E-state index contributed by atoms with van der Waals surface area (Å²) >= 11 is 0. The summed E-state index contributed by atoms with van der Waals surface area (Å²) in [5, 5.41) is 0. The minimum Gasteiger partial charge on any atom is -0.335 e. The van der Waals surface area contributed by atoms with Gasteiger partial charge in [0.1, 0.15) is 0 Å². The van der Waals surface area contributed by atoms with Crippen LogP contribution in [0.3, 0.4) is 0 Å². The summed E-state index contributed by atoms with van der Waals surface area (Å²) in [6.45, 7) is 1.83. The van der Waals surface area contributed by atoms with Crippen molar-refractivity contribution in [2.75, 3.05) is 13.1 Å². The van der Waals surface area contributed by atoms with Crippen LogP contribution >= 0.6 is 0 Å². The second-order valence-electron chi connectivity index (χ2n) is 5.41. The number of imidazole rings is 1. The number of nitrogens with one attached hydrogen (secondary N) is 1. The summed E-state index contributed by atoms with van der Waals surface area (Å²) in [4.78, 5) is 21.8. The van der Waals surface area contributed by atoms with Crippen molar-refractivity contribution in [1.82, 2.24) is 14.9 Å². The monoisotopic (exact) mass is 241 g/mol. The topological polar surface area (TPSA) is 49.0 Å². The number of carbonyl (C=O) groups excluding carboxylic acids is 1. The van der Waals surface area contributed by atoms with Crippen molar-refractivity contribution in [3.8, 4) is 0 Å². The SMILES string of the molecule is O=C(c1nc2ccccc2[nH]1)N1C[C@H]2CC[C@H]2C1. The number of rotatable bonds is 1. The Bertz CT molecular complexity index is 573. The predicted molar refractivity (Wildman–Crippen MR) is 68.2 cm³/mol. The fourth-order valence-corrected chi connectivity index (χ4v) is 3.13. The molecule has 1 aliphatic heterocycles. The molecule has 0 bridgehead atoms. The highest BCUT2D eigenvalue weighted by atomic mass is 16.2. The van der Waals surface area contributed by atoms with Crippen LogP contribution in [0.4, 0.5) is 0 Å². The first-order valence-corrected chi connectivity index (χ1v) is 6.55. The van der Waals surface area contributed by atoms with Crippen LogP contribution in [0.2, 0.25) is 0 Å². The maximum Gasteiger partial charge on any atom is 0.289 e. The Balaban J connectivity index is 1.64. The van der Waals surface area contributed by atoms with Crippen LogP contribution in [0.5, 0.6) is 0 Å². The standard InChI is InChI=1S/C14H15N3O/c18-14(17-7-9-5-6-10(9)8-17)13-15-11-3-1-2-4-12(11)16-13/h1-4,9-10H,5-8H2,(H,15,16)/t9-,10+. The van der Waals surface area contributed by atoms with Gasteiger partial charge in [0, 0.05) is 13.1 Å². The third kappa shape index (κ3) is 1.38. The van der Waals surface area contributed by atoms with Gasteiger partial charge in [-0.25, -0.2) is 4.98 Å². The molecule has 0 unspecified atom stereocenters. The largest absolute Gasteiger partial charge is 0.335 e. The van der Waals surface area contributed by atoms with Crippen molar-refractivity contribution in [3.05, 3.63) is 30.1 Å². The van der Waals surface area contributed by atoms with Crippen molar-refractivity contribution in [2.45, 2.75) is 12.8 Å². The normalized spacial score (nSPS) is 26.1. The number of aromatic amines is 1. The van der Waals surface area contributed by atoms with Crippen molar-refractivity contribution < 1.29 is 4.79 Å². The summed E-state index contributed by atoms with van der Waals surface area (Å²) in [6.07, 6.45) is 2.57. The molecular formula is C14H15N3O. The lowest BCUT2D eigenvalue weighted by atomic mass is 9.77. The lowest BCUT2D eigenvalue weighted by Crippen LogP contribution is -2.29. The Morgan fingerprint density at radius 2 is 1.94 bits per heavy atom. The van der Waals surface area contributed by atoms with Crippen molar-refractivity contribution in [2.24, 2.45) is 11.8 Å². The van der Waals surface area contributed by atoms with Crippen LogP contribution in [0.1, 0.15) is 23.5 Å². The molecule has 4 rings (SSSR count). The van der Waals surface area contributed by atoms with Crippen LogP contribution in [0.15, 0.2) is 24.3 Å². The van der Waals surface area contributed by atoms with Gasteiger partial charge in [0.15, 0.2) is 5.82 Å². The van der Waals surface area contributed by atoms with Crippen molar-refractivity contribution in [1.29, 1.82) is 0 Å². The number of carbonyl (C=O) groups is 1. The number of hydrogen-bond acceptors (Lipinski definition) is 2. The Labute approximate surface area is 105 Å². The highest BCUT2D eigenvalue weighted by molar-refractivity contribution is 5.94. The zero-order valence-electron chi connectivity index (χ0n) is 10.1. The highest BCUT2D eigenvalue weighted by Crippen LogP contribution is 2.40. The van der Waals surface area contributed by atoms with Gasteiger partial charge in [-0.15, -0.1) is 0 Å². The number of benzene rings is 1. The molecule has 2 aliphatic rings. The lowest BCUT2D eigenvalue weighted by molar-refractivity contribution is 0.0776. The zero-order chi connectivity index (χ0) is 12.1. The molecule has 1 amide bonds. The second kappa shape index (κ2) is 3.57. The number of amides is 1. The van der Waals surface area contributed by atoms with Crippen LogP contribution in [0.25, 0.3) is 11.0 Å². The van der Waals surface area contributed by atoms with Gasteiger partial charge in [0.25, 0.3) is 5.91 Å². The molecule has 4 nitrogen and oxygen atoms in total. The summed E-state index contributed by atoms with van der Waals surface area (Å²) < 4.78 is 0. The third-order valence-electron chi connectivity index (χ3n) is 4.36. The van der Waals surface area contributed by atoms with Crippen LogP contribution in [-0.4, -0.2) is 33.9 Å². The van der Waals surface area contributed by atoms with E-state index in [0.29, 0.717) is 5.82 Å². The quantitative estimate of drug-likeness (QED) is 0.830. The predicted octanol–water partition coefficient (Wildman–Crippen LogP) is 2.04. The number of nitrogens with zero attached hydrogens (tertiary/aromatic N) is 2. The molecule has 1 saturated heterocycles. The maximum atomic E-state index is 12.4. The molecule has 2 atom stereocenters. The zero-order valence-corrected chi connectivity index (χ0v) is 10.1. The lowest BCUT2D eigenvalue weighted by Gasteiger charge is -2.27.